The van der Waals surface area contributed by atoms with Crippen LogP contribution < -0.4 is 14.2 Å². The molecule has 0 spiro atoms. The van der Waals surface area contributed by atoms with Gasteiger partial charge in [-0.25, -0.2) is 14.4 Å². The Morgan fingerprint density at radius 2 is 1.91 bits per heavy atom. The first kappa shape index (κ1) is 22.9. The van der Waals surface area contributed by atoms with E-state index in [0.29, 0.717) is 45.8 Å². The lowest BCUT2D eigenvalue weighted by molar-refractivity contribution is -0.130. The number of likely N-dealkylation sites (tertiary alicyclic amines) is 1. The summed E-state index contributed by atoms with van der Waals surface area (Å²) in [6.45, 7) is 5.49. The maximum Gasteiger partial charge on any atom is 0.230 e. The number of aromatic nitrogens is 3. The van der Waals surface area contributed by atoms with Crippen molar-refractivity contribution in [3.05, 3.63) is 48.2 Å². The Balaban J connectivity index is 1.38. The van der Waals surface area contributed by atoms with Crippen molar-refractivity contribution in [2.45, 2.75) is 26.7 Å². The van der Waals surface area contributed by atoms with E-state index >= 15 is 4.39 Å². The second-order valence-electron chi connectivity index (χ2n) is 8.85. The lowest BCUT2D eigenvalue weighted by atomic mass is 9.98. The van der Waals surface area contributed by atoms with E-state index in [2.05, 4.69) is 15.0 Å². The van der Waals surface area contributed by atoms with E-state index in [1.54, 1.807) is 44.4 Å². The molecule has 1 aliphatic heterocycles. The molecule has 0 radical (unpaired) electrons. The number of methoxy groups -OCH3 is 1. The average molecular weight is 479 g/mol. The molecule has 9 heteroatoms. The SMILES string of the molecule is COc1cc2c(Oc3ccc4[nH]c(C)cc4c3F)ncnc2cc1OCC1CCN(C(C)=O)CC1. The Morgan fingerprint density at radius 1 is 1.11 bits per heavy atom. The Morgan fingerprint density at radius 3 is 2.66 bits per heavy atom. The molecule has 0 unspecified atom stereocenters. The second kappa shape index (κ2) is 9.40. The highest BCUT2D eigenvalue weighted by atomic mass is 19.1. The maximum atomic E-state index is 15.1. The van der Waals surface area contributed by atoms with E-state index in [9.17, 15) is 4.79 Å². The van der Waals surface area contributed by atoms with Crippen LogP contribution in [0.4, 0.5) is 4.39 Å². The number of carbonyl (C=O) groups excluding carboxylic acids is 1. The number of piperidine rings is 1. The fourth-order valence-electron chi connectivity index (χ4n) is 4.49. The minimum Gasteiger partial charge on any atom is -0.493 e. The molecule has 182 valence electrons. The molecular formula is C26H27FN4O4. The van der Waals surface area contributed by atoms with Crippen molar-refractivity contribution in [3.63, 3.8) is 0 Å². The van der Waals surface area contributed by atoms with E-state index in [-0.39, 0.29) is 17.5 Å². The lowest BCUT2D eigenvalue weighted by Gasteiger charge is -2.31. The Labute approximate surface area is 202 Å². The summed E-state index contributed by atoms with van der Waals surface area (Å²) in [5.74, 6) is 1.38. The highest BCUT2D eigenvalue weighted by Crippen LogP contribution is 2.38. The lowest BCUT2D eigenvalue weighted by Crippen LogP contribution is -2.38. The molecule has 1 fully saturated rings. The summed E-state index contributed by atoms with van der Waals surface area (Å²) in [6.07, 6.45) is 3.17. The van der Waals surface area contributed by atoms with Crippen molar-refractivity contribution < 1.29 is 23.4 Å². The van der Waals surface area contributed by atoms with E-state index in [0.717, 1.165) is 31.6 Å². The second-order valence-corrected chi connectivity index (χ2v) is 8.85. The molecule has 0 saturated carbocycles. The van der Waals surface area contributed by atoms with E-state index < -0.39 is 5.82 Å². The Kier molecular flexibility index (Phi) is 6.15. The van der Waals surface area contributed by atoms with Gasteiger partial charge >= 0.3 is 0 Å². The summed E-state index contributed by atoms with van der Waals surface area (Å²) in [6, 6.07) is 8.62. The minimum atomic E-state index is -0.457. The van der Waals surface area contributed by atoms with E-state index in [1.807, 2.05) is 11.8 Å². The number of H-pyrrole nitrogens is 1. The number of fused-ring (bicyclic) bond motifs is 2. The molecule has 0 bridgehead atoms. The van der Waals surface area contributed by atoms with Gasteiger partial charge in [-0.2, -0.15) is 0 Å². The molecule has 5 rings (SSSR count). The van der Waals surface area contributed by atoms with Crippen molar-refractivity contribution in [3.8, 4) is 23.1 Å². The van der Waals surface area contributed by atoms with Gasteiger partial charge in [-0.05, 0) is 49.9 Å². The van der Waals surface area contributed by atoms with Gasteiger partial charge in [0.2, 0.25) is 11.8 Å². The summed E-state index contributed by atoms with van der Waals surface area (Å²) in [7, 11) is 1.56. The molecule has 3 heterocycles. The van der Waals surface area contributed by atoms with Crippen LogP contribution in [0.25, 0.3) is 21.8 Å². The van der Waals surface area contributed by atoms with Gasteiger partial charge in [-0.15, -0.1) is 0 Å². The first-order chi connectivity index (χ1) is 16.9. The molecule has 2 aromatic carbocycles. The van der Waals surface area contributed by atoms with Crippen LogP contribution in [0.15, 0.2) is 36.7 Å². The summed E-state index contributed by atoms with van der Waals surface area (Å²) in [5.41, 5.74) is 2.16. The highest BCUT2D eigenvalue weighted by molar-refractivity contribution is 5.87. The van der Waals surface area contributed by atoms with E-state index in [4.69, 9.17) is 14.2 Å². The highest BCUT2D eigenvalue weighted by Gasteiger charge is 2.22. The molecule has 1 amide bonds. The van der Waals surface area contributed by atoms with Crippen LogP contribution in [-0.2, 0) is 4.79 Å². The van der Waals surface area contributed by atoms with E-state index in [1.165, 1.54) is 6.33 Å². The van der Waals surface area contributed by atoms with Crippen LogP contribution in [0.2, 0.25) is 0 Å². The van der Waals surface area contributed by atoms with Crippen LogP contribution >= 0.6 is 0 Å². The molecular weight excluding hydrogens is 451 g/mol. The van der Waals surface area contributed by atoms with Gasteiger partial charge in [0.1, 0.15) is 6.33 Å². The number of rotatable bonds is 6. The number of amides is 1. The minimum absolute atomic E-state index is 0.0766. The van der Waals surface area contributed by atoms with Crippen molar-refractivity contribution in [2.24, 2.45) is 5.92 Å². The normalized spacial score (nSPS) is 14.5. The number of nitrogens with one attached hydrogen (secondary N) is 1. The molecule has 1 N–H and O–H groups in total. The van der Waals surface area contributed by atoms with Gasteiger partial charge < -0.3 is 24.1 Å². The molecule has 4 aromatic rings. The predicted molar refractivity (Wildman–Crippen MR) is 130 cm³/mol. The summed E-state index contributed by atoms with van der Waals surface area (Å²) in [5, 5.41) is 1.04. The van der Waals surface area contributed by atoms with Crippen LogP contribution in [0.1, 0.15) is 25.5 Å². The fourth-order valence-corrected chi connectivity index (χ4v) is 4.49. The van der Waals surface area contributed by atoms with Gasteiger partial charge in [-0.3, -0.25) is 4.79 Å². The third-order valence-corrected chi connectivity index (χ3v) is 6.46. The number of halogens is 1. The van der Waals surface area contributed by atoms with Crippen molar-refractivity contribution in [1.29, 1.82) is 0 Å². The van der Waals surface area contributed by atoms with Crippen LogP contribution in [0.5, 0.6) is 23.1 Å². The molecule has 8 nitrogen and oxygen atoms in total. The fraction of sp³-hybridized carbons (Fsp3) is 0.346. The topological polar surface area (TPSA) is 89.6 Å². The van der Waals surface area contributed by atoms with Crippen molar-refractivity contribution in [1.82, 2.24) is 19.9 Å². The molecule has 1 aliphatic rings. The van der Waals surface area contributed by atoms with Crippen molar-refractivity contribution >= 4 is 27.7 Å². The first-order valence-corrected chi connectivity index (χ1v) is 11.6. The average Bonchev–Trinajstić information content (AvgIpc) is 3.25. The number of aromatic amines is 1. The van der Waals surface area contributed by atoms with Gasteiger partial charge in [0.05, 0.1) is 24.6 Å². The predicted octanol–water partition coefficient (Wildman–Crippen LogP) is 5.00. The van der Waals surface area contributed by atoms with Gasteiger partial charge in [0.25, 0.3) is 0 Å². The number of aryl methyl sites for hydroxylation is 1. The zero-order valence-electron chi connectivity index (χ0n) is 19.9. The monoisotopic (exact) mass is 478 g/mol. The largest absolute Gasteiger partial charge is 0.493 e. The maximum absolute atomic E-state index is 15.1. The molecule has 1 saturated heterocycles. The zero-order valence-corrected chi connectivity index (χ0v) is 19.9. The van der Waals surface area contributed by atoms with Gasteiger partial charge in [0.15, 0.2) is 23.1 Å². The Hall–Kier alpha value is -3.88. The summed E-state index contributed by atoms with van der Waals surface area (Å²) >= 11 is 0. The molecule has 0 atom stereocenters. The number of hydrogen-bond acceptors (Lipinski definition) is 6. The number of nitrogens with zero attached hydrogens (tertiary/aromatic N) is 3. The zero-order chi connectivity index (χ0) is 24.5. The van der Waals surface area contributed by atoms with Gasteiger partial charge in [-0.1, -0.05) is 0 Å². The standard InChI is InChI=1S/C26H27FN4O4/c1-15-10-18-20(30-15)4-5-22(25(18)27)35-26-19-11-23(33-3)24(12-21(19)28-14-29-26)34-13-17-6-8-31(9-7-17)16(2)32/h4-5,10-12,14,17,30H,6-9,13H2,1-3H3. The number of carbonyl (C=O) groups is 1. The molecule has 2 aromatic heterocycles. The molecule has 35 heavy (non-hydrogen) atoms. The van der Waals surface area contributed by atoms with Crippen LogP contribution in [0, 0.1) is 18.7 Å². The van der Waals surface area contributed by atoms with Crippen LogP contribution in [-0.4, -0.2) is 52.6 Å². The first-order valence-electron chi connectivity index (χ1n) is 11.6. The Bertz CT molecular complexity index is 1400. The molecule has 0 aliphatic carbocycles. The summed E-state index contributed by atoms with van der Waals surface area (Å²) < 4.78 is 32.6. The third kappa shape index (κ3) is 4.58. The quantitative estimate of drug-likeness (QED) is 0.420. The summed E-state index contributed by atoms with van der Waals surface area (Å²) in [4.78, 5) is 25.1. The van der Waals surface area contributed by atoms with Crippen molar-refractivity contribution in [2.75, 3.05) is 26.8 Å². The number of hydrogen-bond donors (Lipinski definition) is 1. The number of ether oxygens (including phenoxy) is 3. The van der Waals surface area contributed by atoms with Crippen LogP contribution in [0.3, 0.4) is 0 Å². The number of benzene rings is 2. The third-order valence-electron chi connectivity index (χ3n) is 6.46. The van der Waals surface area contributed by atoms with Gasteiger partial charge in [0, 0.05) is 42.7 Å². The smallest absolute Gasteiger partial charge is 0.230 e.